The minimum absolute atomic E-state index is 0.292. The lowest BCUT2D eigenvalue weighted by molar-refractivity contribution is 0.453. The summed E-state index contributed by atoms with van der Waals surface area (Å²) >= 11 is 3.88. The number of nitrogens with zero attached hydrogens (tertiary/aromatic N) is 1. The van der Waals surface area contributed by atoms with Gasteiger partial charge in [0.1, 0.15) is 0 Å². The van der Waals surface area contributed by atoms with E-state index in [1.54, 1.807) is 0 Å². The van der Waals surface area contributed by atoms with Gasteiger partial charge in [0, 0.05) is 20.9 Å². The zero-order valence-corrected chi connectivity index (χ0v) is 13.7. The first kappa shape index (κ1) is 16.4. The Bertz CT molecular complexity index is 231. The predicted molar refractivity (Wildman–Crippen MR) is 81.3 cm³/mol. The van der Waals surface area contributed by atoms with Crippen LogP contribution in [0.15, 0.2) is 10.3 Å². The summed E-state index contributed by atoms with van der Waals surface area (Å²) in [5, 5.41) is 2.33. The highest BCUT2D eigenvalue weighted by Crippen LogP contribution is 2.35. The van der Waals surface area contributed by atoms with Crippen LogP contribution in [-0.4, -0.2) is 35.0 Å². The van der Waals surface area contributed by atoms with Crippen LogP contribution in [0.25, 0.3) is 0 Å². The summed E-state index contributed by atoms with van der Waals surface area (Å²) in [5.74, 6) is 0. The summed E-state index contributed by atoms with van der Waals surface area (Å²) in [6, 6.07) is 0. The Morgan fingerprint density at radius 3 is 1.81 bits per heavy atom. The summed E-state index contributed by atoms with van der Waals surface area (Å²) in [4.78, 5) is 3.69. The van der Waals surface area contributed by atoms with Gasteiger partial charge in [-0.15, -0.1) is 23.5 Å². The van der Waals surface area contributed by atoms with Crippen molar-refractivity contribution in [3.63, 3.8) is 0 Å². The summed E-state index contributed by atoms with van der Waals surface area (Å²) < 4.78 is 0.594. The Morgan fingerprint density at radius 1 is 1.00 bits per heavy atom. The molecule has 0 rings (SSSR count). The molecular weight excluding hydrogens is 234 g/mol. The lowest BCUT2D eigenvalue weighted by Crippen LogP contribution is -2.17. The molecule has 0 N–H and O–H groups in total. The van der Waals surface area contributed by atoms with E-state index in [1.165, 1.54) is 4.91 Å². The van der Waals surface area contributed by atoms with Crippen molar-refractivity contribution < 1.29 is 0 Å². The van der Waals surface area contributed by atoms with Gasteiger partial charge in [-0.1, -0.05) is 41.5 Å². The van der Waals surface area contributed by atoms with E-state index in [-0.39, 0.29) is 0 Å². The molecule has 1 nitrogen and oxygen atoms in total. The fraction of sp³-hybridized carbons (Fsp3) is 0.846. The molecule has 0 radical (unpaired) electrons. The summed E-state index contributed by atoms with van der Waals surface area (Å²) in [5.41, 5.74) is 0. The average molecular weight is 262 g/mol. The third-order valence-corrected chi connectivity index (χ3v) is 3.83. The van der Waals surface area contributed by atoms with Gasteiger partial charge in [0.25, 0.3) is 0 Å². The molecule has 0 aliphatic carbocycles. The van der Waals surface area contributed by atoms with E-state index < -0.39 is 0 Å². The lowest BCUT2D eigenvalue weighted by Gasteiger charge is -2.23. The highest BCUT2D eigenvalue weighted by Gasteiger charge is 2.16. The van der Waals surface area contributed by atoms with Gasteiger partial charge in [0.05, 0.1) is 0 Å². The van der Waals surface area contributed by atoms with E-state index in [2.05, 4.69) is 65.9 Å². The zero-order valence-electron chi connectivity index (χ0n) is 12.0. The number of likely N-dealkylation sites (N-methyl/N-ethyl adjacent to an activating group) is 1. The molecule has 0 aliphatic rings. The first-order valence-electron chi connectivity index (χ1n) is 5.70. The molecule has 0 heterocycles. The zero-order chi connectivity index (χ0) is 13.0. The normalized spacial score (nSPS) is 14.7. The van der Waals surface area contributed by atoms with Gasteiger partial charge in [-0.25, -0.2) is 0 Å². The molecule has 96 valence electrons. The fourth-order valence-electron chi connectivity index (χ4n) is 1.04. The highest BCUT2D eigenvalue weighted by atomic mass is 32.2. The van der Waals surface area contributed by atoms with Crippen LogP contribution < -0.4 is 0 Å². The van der Waals surface area contributed by atoms with E-state index in [4.69, 9.17) is 0 Å². The van der Waals surface area contributed by atoms with Crippen LogP contribution in [-0.2, 0) is 0 Å². The van der Waals surface area contributed by atoms with Crippen LogP contribution in [0.1, 0.15) is 41.5 Å². The van der Waals surface area contributed by atoms with Crippen molar-refractivity contribution in [3.8, 4) is 0 Å². The van der Waals surface area contributed by atoms with Crippen LogP contribution in [0.3, 0.4) is 0 Å². The Balaban J connectivity index is 4.54. The number of hydrogen-bond donors (Lipinski definition) is 0. The molecule has 0 atom stereocenters. The van der Waals surface area contributed by atoms with E-state index in [9.17, 15) is 0 Å². The molecule has 0 saturated carbocycles. The third-order valence-electron chi connectivity index (χ3n) is 1.45. The number of rotatable bonds is 4. The van der Waals surface area contributed by atoms with E-state index in [0.29, 0.717) is 9.49 Å². The van der Waals surface area contributed by atoms with Gasteiger partial charge >= 0.3 is 0 Å². The molecule has 3 heteroatoms. The predicted octanol–water partition coefficient (Wildman–Crippen LogP) is 4.45. The molecule has 0 bridgehead atoms. The molecule has 0 fully saturated rings. The van der Waals surface area contributed by atoms with Gasteiger partial charge in [-0.3, -0.25) is 0 Å². The third kappa shape index (κ3) is 10.9. The second-order valence-corrected chi connectivity index (χ2v) is 9.92. The van der Waals surface area contributed by atoms with Crippen molar-refractivity contribution in [1.29, 1.82) is 0 Å². The molecule has 0 saturated heterocycles. The Morgan fingerprint density at radius 2 is 1.50 bits per heavy atom. The van der Waals surface area contributed by atoms with Gasteiger partial charge in [-0.05, 0) is 19.5 Å². The second kappa shape index (κ2) is 6.36. The molecule has 0 aromatic rings. The standard InChI is InChI=1S/C13H27NS2/c1-12(2,3)15-10-11(9-14(7)8)16-13(4,5)6/h10H,9H2,1-8H3/b11-10-. The lowest BCUT2D eigenvalue weighted by atomic mass is 10.3. The molecule has 0 aromatic carbocycles. The van der Waals surface area contributed by atoms with Crippen LogP contribution in [0.4, 0.5) is 0 Å². The van der Waals surface area contributed by atoms with E-state index in [1.807, 2.05) is 23.5 Å². The molecular formula is C13H27NS2. The average Bonchev–Trinajstić information content (AvgIpc) is 1.94. The summed E-state index contributed by atoms with van der Waals surface area (Å²) in [6.07, 6.45) is 0. The van der Waals surface area contributed by atoms with Crippen molar-refractivity contribution in [3.05, 3.63) is 10.3 Å². The maximum absolute atomic E-state index is 2.33. The molecule has 0 amide bonds. The van der Waals surface area contributed by atoms with E-state index in [0.717, 1.165) is 6.54 Å². The topological polar surface area (TPSA) is 3.24 Å². The monoisotopic (exact) mass is 261 g/mol. The molecule has 16 heavy (non-hydrogen) atoms. The molecule has 0 unspecified atom stereocenters. The smallest absolute Gasteiger partial charge is 0.0292 e. The highest BCUT2D eigenvalue weighted by molar-refractivity contribution is 8.07. The van der Waals surface area contributed by atoms with Crippen LogP contribution in [0, 0.1) is 0 Å². The van der Waals surface area contributed by atoms with Crippen LogP contribution in [0.5, 0.6) is 0 Å². The Hall–Kier alpha value is 0.400. The van der Waals surface area contributed by atoms with Gasteiger partial charge in [0.2, 0.25) is 0 Å². The molecule has 0 aromatic heterocycles. The Kier molecular flexibility index (Phi) is 6.52. The van der Waals surface area contributed by atoms with Crippen molar-refractivity contribution >= 4 is 23.5 Å². The van der Waals surface area contributed by atoms with Gasteiger partial charge < -0.3 is 4.90 Å². The second-order valence-electron chi connectivity index (χ2n) is 6.27. The molecule has 0 aliphatic heterocycles. The van der Waals surface area contributed by atoms with Crippen molar-refractivity contribution in [2.45, 2.75) is 51.0 Å². The van der Waals surface area contributed by atoms with Crippen LogP contribution in [0.2, 0.25) is 0 Å². The Labute approximate surface area is 110 Å². The quantitative estimate of drug-likeness (QED) is 0.736. The van der Waals surface area contributed by atoms with Crippen molar-refractivity contribution in [2.75, 3.05) is 20.6 Å². The maximum atomic E-state index is 2.33. The largest absolute Gasteiger partial charge is 0.305 e. The molecule has 0 spiro atoms. The minimum atomic E-state index is 0.292. The van der Waals surface area contributed by atoms with Crippen molar-refractivity contribution in [1.82, 2.24) is 4.90 Å². The van der Waals surface area contributed by atoms with Crippen molar-refractivity contribution in [2.24, 2.45) is 0 Å². The van der Waals surface area contributed by atoms with Crippen LogP contribution >= 0.6 is 23.5 Å². The van der Waals surface area contributed by atoms with Gasteiger partial charge in [-0.2, -0.15) is 0 Å². The number of hydrogen-bond acceptors (Lipinski definition) is 3. The maximum Gasteiger partial charge on any atom is 0.0292 e. The summed E-state index contributed by atoms with van der Waals surface area (Å²) in [6.45, 7) is 14.6. The fourth-order valence-corrected chi connectivity index (χ4v) is 3.05. The number of thioether (sulfide) groups is 2. The first-order chi connectivity index (χ1) is 6.99. The van der Waals surface area contributed by atoms with E-state index >= 15 is 0 Å². The summed E-state index contributed by atoms with van der Waals surface area (Å²) in [7, 11) is 4.25. The SMILES string of the molecule is CN(C)C/C(=C/SC(C)(C)C)SC(C)(C)C. The first-order valence-corrected chi connectivity index (χ1v) is 7.40. The van der Waals surface area contributed by atoms with Gasteiger partial charge in [0.15, 0.2) is 0 Å². The minimum Gasteiger partial charge on any atom is -0.305 e.